The summed E-state index contributed by atoms with van der Waals surface area (Å²) in [7, 11) is 0. The van der Waals surface area contributed by atoms with Gasteiger partial charge in [0, 0.05) is 42.7 Å². The molecule has 1 fully saturated rings. The summed E-state index contributed by atoms with van der Waals surface area (Å²) in [5.74, 6) is 0.153. The lowest BCUT2D eigenvalue weighted by Gasteiger charge is -2.33. The van der Waals surface area contributed by atoms with Crippen LogP contribution in [0.25, 0.3) is 5.57 Å². The molecule has 1 saturated heterocycles. The number of rotatable bonds is 7. The van der Waals surface area contributed by atoms with Gasteiger partial charge in [0.1, 0.15) is 0 Å². The number of carbonyl (C=O) groups excluding carboxylic acids is 3. The standard InChI is InChI=1S/C39H52N2O4/c1-26(2)36(42)40-20-12-11-15-30(19-21-40)22-31-16-13-17-32(23-31)37(43)41-24-34(38(44)45-27(3)4)29(6)35(39(7,8)25-41)33-18-10-9-14-28(33)5/h9-10,13-14,16-18,23-24,26-27,30H,11-12,15,19-22,25H2,1-8H3. The van der Waals surface area contributed by atoms with Gasteiger partial charge in [-0.3, -0.25) is 9.59 Å². The second-order valence-corrected chi connectivity index (χ2v) is 14.2. The smallest absolute Gasteiger partial charge is 0.340 e. The van der Waals surface area contributed by atoms with Crippen molar-refractivity contribution in [2.75, 3.05) is 19.6 Å². The lowest BCUT2D eigenvalue weighted by atomic mass is 9.75. The van der Waals surface area contributed by atoms with Gasteiger partial charge in [0.05, 0.1) is 11.7 Å². The molecular formula is C39H52N2O4. The predicted molar refractivity (Wildman–Crippen MR) is 181 cm³/mol. The van der Waals surface area contributed by atoms with Crippen molar-refractivity contribution in [3.63, 3.8) is 0 Å². The Kier molecular flexibility index (Phi) is 11.1. The first-order chi connectivity index (χ1) is 21.3. The molecule has 2 aromatic carbocycles. The van der Waals surface area contributed by atoms with E-state index in [1.54, 1.807) is 11.1 Å². The normalized spacial score (nSPS) is 19.2. The molecule has 2 heterocycles. The number of likely N-dealkylation sites (tertiary alicyclic amines) is 1. The van der Waals surface area contributed by atoms with Crippen molar-refractivity contribution in [3.05, 3.63) is 88.1 Å². The first-order valence-corrected chi connectivity index (χ1v) is 16.7. The molecule has 0 N–H and O–H groups in total. The molecule has 0 aromatic heterocycles. The topological polar surface area (TPSA) is 66.9 Å². The number of ether oxygens (including phenoxy) is 1. The van der Waals surface area contributed by atoms with Crippen LogP contribution in [0, 0.1) is 24.2 Å². The summed E-state index contributed by atoms with van der Waals surface area (Å²) in [6.07, 6.45) is 6.52. The third-order valence-corrected chi connectivity index (χ3v) is 9.15. The zero-order valence-corrected chi connectivity index (χ0v) is 28.6. The van der Waals surface area contributed by atoms with Gasteiger partial charge in [0.2, 0.25) is 5.91 Å². The van der Waals surface area contributed by atoms with Crippen molar-refractivity contribution in [3.8, 4) is 0 Å². The summed E-state index contributed by atoms with van der Waals surface area (Å²) in [6, 6.07) is 16.1. The van der Waals surface area contributed by atoms with Crippen LogP contribution in [0.4, 0.5) is 0 Å². The van der Waals surface area contributed by atoms with Crippen LogP contribution >= 0.6 is 0 Å². The van der Waals surface area contributed by atoms with E-state index >= 15 is 0 Å². The van der Waals surface area contributed by atoms with E-state index in [-0.39, 0.29) is 23.8 Å². The largest absolute Gasteiger partial charge is 0.459 e. The van der Waals surface area contributed by atoms with Gasteiger partial charge in [0.25, 0.3) is 5.91 Å². The van der Waals surface area contributed by atoms with Crippen molar-refractivity contribution in [1.82, 2.24) is 9.80 Å². The quantitative estimate of drug-likeness (QED) is 0.297. The Morgan fingerprint density at radius 1 is 0.933 bits per heavy atom. The van der Waals surface area contributed by atoms with Gasteiger partial charge in [-0.2, -0.15) is 0 Å². The van der Waals surface area contributed by atoms with Crippen LogP contribution in [0.15, 0.2) is 65.9 Å². The van der Waals surface area contributed by atoms with Gasteiger partial charge in [-0.05, 0) is 99.3 Å². The molecule has 0 radical (unpaired) electrons. The third-order valence-electron chi connectivity index (χ3n) is 9.15. The maximum Gasteiger partial charge on any atom is 0.340 e. The first kappa shape index (κ1) is 34.2. The molecule has 242 valence electrons. The Morgan fingerprint density at radius 3 is 2.36 bits per heavy atom. The summed E-state index contributed by atoms with van der Waals surface area (Å²) in [6.45, 7) is 18.0. The highest BCUT2D eigenvalue weighted by molar-refractivity contribution is 6.01. The Labute approximate surface area is 270 Å². The molecule has 0 bridgehead atoms. The minimum atomic E-state index is -0.446. The van der Waals surface area contributed by atoms with Crippen molar-refractivity contribution in [1.29, 1.82) is 0 Å². The zero-order valence-electron chi connectivity index (χ0n) is 28.6. The molecule has 45 heavy (non-hydrogen) atoms. The molecule has 2 aliphatic heterocycles. The average molecular weight is 613 g/mol. The minimum Gasteiger partial charge on any atom is -0.459 e. The van der Waals surface area contributed by atoms with Gasteiger partial charge in [0.15, 0.2) is 0 Å². The summed E-state index contributed by atoms with van der Waals surface area (Å²) in [5, 5.41) is 0. The maximum absolute atomic E-state index is 14.2. The number of hydrogen-bond acceptors (Lipinski definition) is 4. The molecular weight excluding hydrogens is 560 g/mol. The van der Waals surface area contributed by atoms with E-state index in [1.165, 1.54) is 0 Å². The molecule has 0 saturated carbocycles. The van der Waals surface area contributed by atoms with Crippen LogP contribution in [0.5, 0.6) is 0 Å². The van der Waals surface area contributed by atoms with Gasteiger partial charge in [-0.1, -0.05) is 70.5 Å². The van der Waals surface area contributed by atoms with Crippen LogP contribution in [0.2, 0.25) is 0 Å². The number of benzene rings is 2. The fourth-order valence-corrected chi connectivity index (χ4v) is 6.93. The van der Waals surface area contributed by atoms with Crippen LogP contribution in [0.1, 0.15) is 101 Å². The Balaban J connectivity index is 1.62. The molecule has 6 heteroatoms. The van der Waals surface area contributed by atoms with E-state index in [1.807, 2.05) is 69.9 Å². The van der Waals surface area contributed by atoms with Gasteiger partial charge in [-0.25, -0.2) is 4.79 Å². The zero-order chi connectivity index (χ0) is 32.9. The SMILES string of the molecule is CC1=C(c2ccccc2C)C(C)(C)CN(C(=O)c2cccc(CC3CCCCN(C(=O)C(C)C)CC3)c2)C=C1C(=O)OC(C)C. The van der Waals surface area contributed by atoms with Crippen molar-refractivity contribution >= 4 is 23.4 Å². The third kappa shape index (κ3) is 8.33. The van der Waals surface area contributed by atoms with E-state index in [9.17, 15) is 14.4 Å². The van der Waals surface area contributed by atoms with Crippen LogP contribution in [0.3, 0.4) is 0 Å². The first-order valence-electron chi connectivity index (χ1n) is 16.7. The molecule has 2 amide bonds. The second-order valence-electron chi connectivity index (χ2n) is 14.2. The molecule has 0 spiro atoms. The highest BCUT2D eigenvalue weighted by Crippen LogP contribution is 2.43. The summed E-state index contributed by atoms with van der Waals surface area (Å²) in [4.78, 5) is 44.1. The molecule has 4 rings (SSSR count). The van der Waals surface area contributed by atoms with Gasteiger partial charge < -0.3 is 14.5 Å². The number of esters is 1. The van der Waals surface area contributed by atoms with Crippen LogP contribution in [-0.2, 0) is 20.7 Å². The van der Waals surface area contributed by atoms with Crippen molar-refractivity contribution < 1.29 is 19.1 Å². The van der Waals surface area contributed by atoms with E-state index in [2.05, 4.69) is 39.0 Å². The highest BCUT2D eigenvalue weighted by atomic mass is 16.5. The van der Waals surface area contributed by atoms with Crippen molar-refractivity contribution in [2.24, 2.45) is 17.3 Å². The number of hydrogen-bond donors (Lipinski definition) is 0. The molecule has 0 aliphatic carbocycles. The second kappa shape index (κ2) is 14.6. The summed E-state index contributed by atoms with van der Waals surface area (Å²) in [5.41, 5.74) is 5.77. The molecule has 2 aliphatic rings. The Hall–Kier alpha value is -3.67. The number of nitrogens with zero attached hydrogens (tertiary/aromatic N) is 2. The minimum absolute atomic E-state index is 0.0168. The number of aryl methyl sites for hydroxylation is 1. The number of amides is 2. The summed E-state index contributed by atoms with van der Waals surface area (Å²) >= 11 is 0. The fourth-order valence-electron chi connectivity index (χ4n) is 6.93. The van der Waals surface area contributed by atoms with E-state index < -0.39 is 11.4 Å². The fraction of sp³-hybridized carbons (Fsp3) is 0.513. The van der Waals surface area contributed by atoms with Crippen molar-refractivity contribution in [2.45, 2.75) is 93.6 Å². The molecule has 2 aromatic rings. The van der Waals surface area contributed by atoms with E-state index in [0.29, 0.717) is 23.6 Å². The highest BCUT2D eigenvalue weighted by Gasteiger charge is 2.36. The van der Waals surface area contributed by atoms with Gasteiger partial charge in [-0.15, -0.1) is 0 Å². The van der Waals surface area contributed by atoms with E-state index in [0.717, 1.165) is 73.0 Å². The Bertz CT molecular complexity index is 1460. The molecule has 1 unspecified atom stereocenters. The lowest BCUT2D eigenvalue weighted by Crippen LogP contribution is -2.37. The Morgan fingerprint density at radius 2 is 1.67 bits per heavy atom. The summed E-state index contributed by atoms with van der Waals surface area (Å²) < 4.78 is 5.69. The average Bonchev–Trinajstić information content (AvgIpc) is 3.06. The predicted octanol–water partition coefficient (Wildman–Crippen LogP) is 8.00. The lowest BCUT2D eigenvalue weighted by molar-refractivity contribution is -0.142. The monoisotopic (exact) mass is 612 g/mol. The van der Waals surface area contributed by atoms with E-state index in [4.69, 9.17) is 4.74 Å². The number of carbonyl (C=O) groups is 3. The van der Waals surface area contributed by atoms with Crippen LogP contribution < -0.4 is 0 Å². The van der Waals surface area contributed by atoms with Gasteiger partial charge >= 0.3 is 5.97 Å². The molecule has 6 nitrogen and oxygen atoms in total. The molecule has 1 atom stereocenters. The van der Waals surface area contributed by atoms with Crippen LogP contribution in [-0.4, -0.2) is 53.3 Å². The maximum atomic E-state index is 14.2.